The van der Waals surface area contributed by atoms with E-state index in [2.05, 4.69) is 31.1 Å². The summed E-state index contributed by atoms with van der Waals surface area (Å²) in [6.45, 7) is 4.19. The van der Waals surface area contributed by atoms with Crippen molar-refractivity contribution in [3.05, 3.63) is 58.6 Å². The topological polar surface area (TPSA) is 21.7 Å². The Hall–Kier alpha value is -1.71. The summed E-state index contributed by atoms with van der Waals surface area (Å²) in [5.74, 6) is 1.59. The molecule has 0 radical (unpaired) electrons. The normalized spacial score (nSPS) is 10.9. The molecule has 0 aliphatic heterocycles. The first-order chi connectivity index (χ1) is 11.6. The molecule has 0 fully saturated rings. The summed E-state index contributed by atoms with van der Waals surface area (Å²) in [5, 5.41) is 0.732. The summed E-state index contributed by atoms with van der Waals surface area (Å²) in [6, 6.07) is 13.9. The average molecular weight is 348 g/mol. The maximum Gasteiger partial charge on any atom is 0.161 e. The Morgan fingerprint density at radius 1 is 0.917 bits per heavy atom. The lowest BCUT2D eigenvalue weighted by molar-refractivity contribution is 0.269. The molecular weight excluding hydrogens is 322 g/mol. The van der Waals surface area contributed by atoms with Crippen molar-refractivity contribution in [1.82, 2.24) is 4.90 Å². The van der Waals surface area contributed by atoms with Gasteiger partial charge in [0.1, 0.15) is 6.61 Å². The number of benzene rings is 2. The minimum atomic E-state index is 0.497. The zero-order chi connectivity index (χ0) is 17.4. The third-order valence-corrected chi connectivity index (χ3v) is 3.94. The fraction of sp³-hybridized carbons (Fsp3) is 0.400. The first-order valence-corrected chi connectivity index (χ1v) is 8.74. The Labute approximate surface area is 150 Å². The van der Waals surface area contributed by atoms with Crippen LogP contribution in [0.3, 0.4) is 0 Å². The van der Waals surface area contributed by atoms with Crippen molar-refractivity contribution in [1.29, 1.82) is 0 Å². The molecule has 0 bridgehead atoms. The number of ether oxygens (including phenoxy) is 2. The number of rotatable bonds is 9. The maximum absolute atomic E-state index is 5.94. The molecule has 130 valence electrons. The minimum absolute atomic E-state index is 0.497. The van der Waals surface area contributed by atoms with Crippen molar-refractivity contribution in [2.24, 2.45) is 0 Å². The van der Waals surface area contributed by atoms with Crippen LogP contribution in [0.1, 0.15) is 24.5 Å². The van der Waals surface area contributed by atoms with Gasteiger partial charge in [-0.15, -0.1) is 0 Å². The van der Waals surface area contributed by atoms with Crippen LogP contribution in [0, 0.1) is 0 Å². The lowest BCUT2D eigenvalue weighted by Gasteiger charge is -2.14. The molecule has 3 nitrogen and oxygen atoms in total. The predicted octanol–water partition coefficient (Wildman–Crippen LogP) is 4.81. The van der Waals surface area contributed by atoms with Crippen LogP contribution in [-0.2, 0) is 13.0 Å². The molecule has 2 rings (SSSR count). The van der Waals surface area contributed by atoms with E-state index < -0.39 is 0 Å². The molecule has 0 atom stereocenters. The summed E-state index contributed by atoms with van der Waals surface area (Å²) in [5.41, 5.74) is 2.36. The highest BCUT2D eigenvalue weighted by molar-refractivity contribution is 6.30. The fourth-order valence-corrected chi connectivity index (χ4v) is 2.56. The zero-order valence-electron chi connectivity index (χ0n) is 14.7. The van der Waals surface area contributed by atoms with E-state index in [4.69, 9.17) is 21.1 Å². The van der Waals surface area contributed by atoms with Crippen molar-refractivity contribution < 1.29 is 9.47 Å². The molecule has 4 heteroatoms. The number of nitrogens with zero attached hydrogens (tertiary/aromatic N) is 1. The summed E-state index contributed by atoms with van der Waals surface area (Å²) in [6.07, 6.45) is 2.17. The van der Waals surface area contributed by atoms with Gasteiger partial charge >= 0.3 is 0 Å². The van der Waals surface area contributed by atoms with E-state index in [1.807, 2.05) is 37.3 Å². The van der Waals surface area contributed by atoms with Gasteiger partial charge < -0.3 is 14.4 Å². The van der Waals surface area contributed by atoms with Crippen LogP contribution < -0.4 is 9.47 Å². The Morgan fingerprint density at radius 3 is 2.29 bits per heavy atom. The van der Waals surface area contributed by atoms with Crippen LogP contribution in [0.15, 0.2) is 42.5 Å². The van der Waals surface area contributed by atoms with Crippen molar-refractivity contribution in [2.45, 2.75) is 26.4 Å². The fourth-order valence-electron chi connectivity index (χ4n) is 2.44. The lowest BCUT2D eigenvalue weighted by atomic mass is 10.1. The average Bonchev–Trinajstić information content (AvgIpc) is 2.55. The van der Waals surface area contributed by atoms with E-state index in [1.54, 1.807) is 0 Å². The standard InChI is InChI=1S/C20H26ClNO2/c1-4-23-20-14-16(6-5-13-22(2)3)9-12-19(20)24-15-17-7-10-18(21)11-8-17/h7-12,14H,4-6,13,15H2,1-3H3. The first-order valence-electron chi connectivity index (χ1n) is 8.36. The van der Waals surface area contributed by atoms with Gasteiger partial charge in [-0.2, -0.15) is 0 Å². The van der Waals surface area contributed by atoms with Crippen LogP contribution in [0.4, 0.5) is 0 Å². The van der Waals surface area contributed by atoms with Gasteiger partial charge in [-0.1, -0.05) is 29.8 Å². The molecule has 0 aliphatic rings. The van der Waals surface area contributed by atoms with Gasteiger partial charge in [0.2, 0.25) is 0 Å². The van der Waals surface area contributed by atoms with Crippen LogP contribution >= 0.6 is 11.6 Å². The molecule has 0 unspecified atom stereocenters. The van der Waals surface area contributed by atoms with Crippen LogP contribution in [0.2, 0.25) is 5.02 Å². The number of halogens is 1. The summed E-state index contributed by atoms with van der Waals surface area (Å²) in [7, 11) is 4.19. The summed E-state index contributed by atoms with van der Waals surface area (Å²) in [4.78, 5) is 2.20. The first kappa shape index (κ1) is 18.6. The molecule has 2 aromatic carbocycles. The minimum Gasteiger partial charge on any atom is -0.490 e. The highest BCUT2D eigenvalue weighted by Gasteiger charge is 2.07. The third-order valence-electron chi connectivity index (χ3n) is 3.69. The van der Waals surface area contributed by atoms with Gasteiger partial charge in [0, 0.05) is 5.02 Å². The van der Waals surface area contributed by atoms with Crippen LogP contribution in [-0.4, -0.2) is 32.1 Å². The highest BCUT2D eigenvalue weighted by atomic mass is 35.5. The molecule has 0 aliphatic carbocycles. The number of aryl methyl sites for hydroxylation is 1. The second-order valence-electron chi connectivity index (χ2n) is 6.04. The number of hydrogen-bond donors (Lipinski definition) is 0. The Balaban J connectivity index is 2.01. The third kappa shape index (κ3) is 6.06. The van der Waals surface area contributed by atoms with E-state index in [0.717, 1.165) is 41.5 Å². The van der Waals surface area contributed by atoms with Crippen molar-refractivity contribution >= 4 is 11.6 Å². The van der Waals surface area contributed by atoms with Crippen molar-refractivity contribution in [2.75, 3.05) is 27.2 Å². The monoisotopic (exact) mass is 347 g/mol. The molecule has 2 aromatic rings. The van der Waals surface area contributed by atoms with Crippen LogP contribution in [0.5, 0.6) is 11.5 Å². The highest BCUT2D eigenvalue weighted by Crippen LogP contribution is 2.30. The van der Waals surface area contributed by atoms with Gasteiger partial charge in [0.05, 0.1) is 6.61 Å². The SMILES string of the molecule is CCOc1cc(CCCN(C)C)ccc1OCc1ccc(Cl)cc1. The molecule has 0 aromatic heterocycles. The Kier molecular flexibility index (Phi) is 7.41. The van der Waals surface area contributed by atoms with E-state index >= 15 is 0 Å². The second-order valence-corrected chi connectivity index (χ2v) is 6.47. The lowest BCUT2D eigenvalue weighted by Crippen LogP contribution is -2.13. The zero-order valence-corrected chi connectivity index (χ0v) is 15.5. The molecule has 0 heterocycles. The predicted molar refractivity (Wildman–Crippen MR) is 100 cm³/mol. The molecule has 0 saturated heterocycles. The Bertz CT molecular complexity index is 626. The molecular formula is C20H26ClNO2. The molecule has 0 amide bonds. The van der Waals surface area contributed by atoms with Gasteiger partial charge in [-0.3, -0.25) is 0 Å². The Morgan fingerprint density at radius 2 is 1.62 bits per heavy atom. The second kappa shape index (κ2) is 9.55. The smallest absolute Gasteiger partial charge is 0.161 e. The number of hydrogen-bond acceptors (Lipinski definition) is 3. The maximum atomic E-state index is 5.94. The molecule has 0 spiro atoms. The molecule has 24 heavy (non-hydrogen) atoms. The van der Waals surface area contributed by atoms with Crippen LogP contribution in [0.25, 0.3) is 0 Å². The quantitative estimate of drug-likeness (QED) is 0.649. The largest absolute Gasteiger partial charge is 0.490 e. The van der Waals surface area contributed by atoms with E-state index in [-0.39, 0.29) is 0 Å². The summed E-state index contributed by atoms with van der Waals surface area (Å²) < 4.78 is 11.7. The van der Waals surface area contributed by atoms with Crippen molar-refractivity contribution in [3.8, 4) is 11.5 Å². The van der Waals surface area contributed by atoms with Crippen molar-refractivity contribution in [3.63, 3.8) is 0 Å². The van der Waals surface area contributed by atoms with Gasteiger partial charge in [0.25, 0.3) is 0 Å². The molecule has 0 N–H and O–H groups in total. The van der Waals surface area contributed by atoms with E-state index in [1.165, 1.54) is 5.56 Å². The van der Waals surface area contributed by atoms with E-state index in [0.29, 0.717) is 13.2 Å². The van der Waals surface area contributed by atoms with E-state index in [9.17, 15) is 0 Å². The van der Waals surface area contributed by atoms with Gasteiger partial charge in [0.15, 0.2) is 11.5 Å². The molecule has 0 saturated carbocycles. The summed E-state index contributed by atoms with van der Waals surface area (Å²) >= 11 is 5.91. The van der Waals surface area contributed by atoms with Gasteiger partial charge in [-0.05, 0) is 75.8 Å². The van der Waals surface area contributed by atoms with Gasteiger partial charge in [-0.25, -0.2) is 0 Å².